The van der Waals surface area contributed by atoms with Gasteiger partial charge in [0.2, 0.25) is 0 Å². The van der Waals surface area contributed by atoms with Crippen LogP contribution in [0.2, 0.25) is 0 Å². The van der Waals surface area contributed by atoms with Gasteiger partial charge in [-0.25, -0.2) is 14.6 Å². The molecule has 1 aromatic carbocycles. The van der Waals surface area contributed by atoms with Crippen molar-refractivity contribution in [3.8, 4) is 0 Å². The van der Waals surface area contributed by atoms with Gasteiger partial charge in [0.1, 0.15) is 5.82 Å². The number of hydrogen-bond acceptors (Lipinski definition) is 5. The van der Waals surface area contributed by atoms with Crippen LogP contribution < -0.4 is 10.9 Å². The van der Waals surface area contributed by atoms with Gasteiger partial charge in [-0.05, 0) is 38.1 Å². The Balaban J connectivity index is 2.59. The van der Waals surface area contributed by atoms with Crippen LogP contribution in [0.15, 0.2) is 24.3 Å². The zero-order valence-corrected chi connectivity index (χ0v) is 10.2. The molecule has 1 rings (SSSR count). The van der Waals surface area contributed by atoms with Gasteiger partial charge in [0.15, 0.2) is 11.8 Å². The monoisotopic (exact) mass is 254 g/mol. The molecule has 0 fully saturated rings. The summed E-state index contributed by atoms with van der Waals surface area (Å²) in [5.41, 5.74) is 5.73. The van der Waals surface area contributed by atoms with Gasteiger partial charge in [0.05, 0.1) is 6.61 Å². The molecule has 5 nitrogen and oxygen atoms in total. The number of carbonyl (C=O) groups excluding carboxylic acids is 2. The van der Waals surface area contributed by atoms with Crippen molar-refractivity contribution in [2.24, 2.45) is 0 Å². The van der Waals surface area contributed by atoms with E-state index in [1.165, 1.54) is 31.2 Å². The van der Waals surface area contributed by atoms with Crippen molar-refractivity contribution in [2.75, 3.05) is 12.0 Å². The molecule has 0 heterocycles. The molecule has 1 aromatic rings. The number of hydrazine groups is 1. The molecule has 0 aliphatic heterocycles. The third-order valence-electron chi connectivity index (χ3n) is 2.13. The Bertz CT molecular complexity index is 420. The molecule has 6 heteroatoms. The maximum atomic E-state index is 12.7. The number of rotatable bonds is 6. The zero-order valence-electron chi connectivity index (χ0n) is 10.2. The minimum Gasteiger partial charge on any atom is -0.464 e. The molecule has 18 heavy (non-hydrogen) atoms. The standard InChI is InChI=1S/C12H15FN2O3/c1-3-18-12(17)11(8(2)16)15-14-10-6-4-9(13)5-7-10/h4-7,11,14-15H,3H2,1-2H3. The van der Waals surface area contributed by atoms with Crippen LogP contribution in [-0.4, -0.2) is 24.4 Å². The summed E-state index contributed by atoms with van der Waals surface area (Å²) < 4.78 is 17.4. The Morgan fingerprint density at radius 1 is 1.33 bits per heavy atom. The summed E-state index contributed by atoms with van der Waals surface area (Å²) in [5, 5.41) is 0. The fraction of sp³-hybridized carbons (Fsp3) is 0.333. The van der Waals surface area contributed by atoms with Gasteiger partial charge in [-0.3, -0.25) is 4.79 Å². The number of anilines is 1. The molecule has 0 bridgehead atoms. The molecule has 0 spiro atoms. The Kier molecular flexibility index (Phi) is 5.26. The van der Waals surface area contributed by atoms with Crippen LogP contribution in [-0.2, 0) is 14.3 Å². The van der Waals surface area contributed by atoms with E-state index in [-0.39, 0.29) is 18.2 Å². The first-order valence-corrected chi connectivity index (χ1v) is 5.48. The SMILES string of the molecule is CCOC(=O)C(NNc1ccc(F)cc1)C(C)=O. The second-order valence-corrected chi connectivity index (χ2v) is 3.57. The second kappa shape index (κ2) is 6.70. The summed E-state index contributed by atoms with van der Waals surface area (Å²) in [6, 6.07) is 4.39. The van der Waals surface area contributed by atoms with E-state index in [4.69, 9.17) is 4.74 Å². The van der Waals surface area contributed by atoms with Gasteiger partial charge >= 0.3 is 5.97 Å². The van der Waals surface area contributed by atoms with Crippen molar-refractivity contribution >= 4 is 17.4 Å². The Hall–Kier alpha value is -1.95. The van der Waals surface area contributed by atoms with Crippen LogP contribution in [0.4, 0.5) is 10.1 Å². The normalized spacial score (nSPS) is 11.7. The first-order valence-electron chi connectivity index (χ1n) is 5.48. The van der Waals surface area contributed by atoms with Crippen LogP contribution >= 0.6 is 0 Å². The van der Waals surface area contributed by atoms with Crippen molar-refractivity contribution in [1.82, 2.24) is 5.43 Å². The van der Waals surface area contributed by atoms with Gasteiger partial charge in [-0.2, -0.15) is 0 Å². The molecule has 0 aliphatic carbocycles. The van der Waals surface area contributed by atoms with E-state index in [0.29, 0.717) is 5.69 Å². The number of Topliss-reactive ketones (excluding diaryl/α,β-unsaturated/α-hetero) is 1. The molecule has 0 saturated heterocycles. The molecule has 0 aliphatic rings. The van der Waals surface area contributed by atoms with Gasteiger partial charge in [0, 0.05) is 5.69 Å². The first-order chi connectivity index (χ1) is 8.54. The van der Waals surface area contributed by atoms with E-state index < -0.39 is 12.0 Å². The number of nitrogens with one attached hydrogen (secondary N) is 2. The number of benzene rings is 1. The Labute approximate surface area is 104 Å². The third-order valence-corrected chi connectivity index (χ3v) is 2.13. The summed E-state index contributed by atoms with van der Waals surface area (Å²) in [4.78, 5) is 22.7. The lowest BCUT2D eigenvalue weighted by molar-refractivity contribution is -0.148. The quantitative estimate of drug-likeness (QED) is 0.454. The largest absolute Gasteiger partial charge is 0.464 e. The van der Waals surface area contributed by atoms with Gasteiger partial charge in [-0.15, -0.1) is 0 Å². The highest BCUT2D eigenvalue weighted by Crippen LogP contribution is 2.07. The minimum absolute atomic E-state index is 0.195. The van der Waals surface area contributed by atoms with Crippen molar-refractivity contribution in [3.05, 3.63) is 30.1 Å². The Morgan fingerprint density at radius 2 is 1.94 bits per heavy atom. The Morgan fingerprint density at radius 3 is 2.44 bits per heavy atom. The van der Waals surface area contributed by atoms with Crippen LogP contribution in [0.1, 0.15) is 13.8 Å². The van der Waals surface area contributed by atoms with Crippen LogP contribution in [0.25, 0.3) is 0 Å². The van der Waals surface area contributed by atoms with Crippen LogP contribution in [0, 0.1) is 5.82 Å². The first kappa shape index (κ1) is 14.1. The molecule has 1 unspecified atom stereocenters. The third kappa shape index (κ3) is 4.14. The molecular formula is C12H15FN2O3. The van der Waals surface area contributed by atoms with Crippen molar-refractivity contribution in [3.63, 3.8) is 0 Å². The molecule has 0 radical (unpaired) electrons. The molecule has 1 atom stereocenters. The maximum Gasteiger partial charge on any atom is 0.332 e. The number of ketones is 1. The fourth-order valence-electron chi connectivity index (χ4n) is 1.24. The smallest absolute Gasteiger partial charge is 0.332 e. The topological polar surface area (TPSA) is 67.4 Å². The molecule has 0 aromatic heterocycles. The number of halogens is 1. The van der Waals surface area contributed by atoms with E-state index in [0.717, 1.165) is 0 Å². The van der Waals surface area contributed by atoms with Crippen molar-refractivity contribution in [2.45, 2.75) is 19.9 Å². The number of esters is 1. The zero-order chi connectivity index (χ0) is 13.5. The molecular weight excluding hydrogens is 239 g/mol. The van der Waals surface area contributed by atoms with Gasteiger partial charge in [0.25, 0.3) is 0 Å². The highest BCUT2D eigenvalue weighted by molar-refractivity contribution is 6.02. The van der Waals surface area contributed by atoms with E-state index in [2.05, 4.69) is 10.9 Å². The molecule has 98 valence electrons. The van der Waals surface area contributed by atoms with E-state index in [1.54, 1.807) is 6.92 Å². The highest BCUT2D eigenvalue weighted by atomic mass is 19.1. The highest BCUT2D eigenvalue weighted by Gasteiger charge is 2.24. The summed E-state index contributed by atoms with van der Waals surface area (Å²) in [5.74, 6) is -1.39. The second-order valence-electron chi connectivity index (χ2n) is 3.57. The summed E-state index contributed by atoms with van der Waals surface area (Å²) in [6.07, 6.45) is 0. The minimum atomic E-state index is -1.09. The predicted octanol–water partition coefficient (Wildman–Crippen LogP) is 1.26. The maximum absolute atomic E-state index is 12.7. The van der Waals surface area contributed by atoms with E-state index in [9.17, 15) is 14.0 Å². The summed E-state index contributed by atoms with van der Waals surface area (Å²) in [7, 11) is 0. The predicted molar refractivity (Wildman–Crippen MR) is 64.3 cm³/mol. The molecule has 2 N–H and O–H groups in total. The number of ether oxygens (including phenoxy) is 1. The van der Waals surface area contributed by atoms with E-state index >= 15 is 0 Å². The van der Waals surface area contributed by atoms with Crippen molar-refractivity contribution < 1.29 is 18.7 Å². The lowest BCUT2D eigenvalue weighted by atomic mass is 10.2. The number of carbonyl (C=O) groups is 2. The van der Waals surface area contributed by atoms with Gasteiger partial charge < -0.3 is 10.2 Å². The van der Waals surface area contributed by atoms with Crippen LogP contribution in [0.5, 0.6) is 0 Å². The van der Waals surface area contributed by atoms with E-state index in [1.807, 2.05) is 0 Å². The van der Waals surface area contributed by atoms with Gasteiger partial charge in [-0.1, -0.05) is 0 Å². The van der Waals surface area contributed by atoms with Crippen molar-refractivity contribution in [1.29, 1.82) is 0 Å². The fourth-order valence-corrected chi connectivity index (χ4v) is 1.24. The van der Waals surface area contributed by atoms with Crippen LogP contribution in [0.3, 0.4) is 0 Å². The molecule has 0 amide bonds. The summed E-state index contributed by atoms with van der Waals surface area (Å²) in [6.45, 7) is 3.13. The average molecular weight is 254 g/mol. The molecule has 0 saturated carbocycles. The number of hydrogen-bond donors (Lipinski definition) is 2. The summed E-state index contributed by atoms with van der Waals surface area (Å²) >= 11 is 0. The lowest BCUT2D eigenvalue weighted by Gasteiger charge is -2.15. The lowest BCUT2D eigenvalue weighted by Crippen LogP contribution is -2.46. The average Bonchev–Trinajstić information content (AvgIpc) is 2.31.